The fraction of sp³-hybridized carbons (Fsp3) is 0.300. The number of Topliss-reactive ketones (excluding diaryl/α,β-unsaturated/α-hetero) is 1. The molecule has 0 aliphatic heterocycles. The maximum atomic E-state index is 12.2. The summed E-state index contributed by atoms with van der Waals surface area (Å²) in [6, 6.07) is 13.2. The summed E-state index contributed by atoms with van der Waals surface area (Å²) in [7, 11) is 1.58. The van der Waals surface area contributed by atoms with Crippen molar-refractivity contribution in [2.24, 2.45) is 0 Å². The molecule has 1 atom stereocenters. The third-order valence-corrected chi connectivity index (χ3v) is 5.01. The van der Waals surface area contributed by atoms with Crippen LogP contribution < -0.4 is 10.1 Å². The van der Waals surface area contributed by atoms with Gasteiger partial charge in [-0.15, -0.1) is 0 Å². The molecule has 0 radical (unpaired) electrons. The lowest BCUT2D eigenvalue weighted by molar-refractivity contribution is -0.121. The van der Waals surface area contributed by atoms with E-state index in [0.29, 0.717) is 11.3 Å². The number of fused-ring (bicyclic) bond motifs is 1. The van der Waals surface area contributed by atoms with Gasteiger partial charge in [-0.1, -0.05) is 22.0 Å². The van der Waals surface area contributed by atoms with E-state index >= 15 is 0 Å². The molecule has 1 aliphatic rings. The highest BCUT2D eigenvalue weighted by atomic mass is 79.9. The maximum absolute atomic E-state index is 12.2. The highest BCUT2D eigenvalue weighted by Crippen LogP contribution is 2.33. The molecule has 2 aromatic carbocycles. The molecule has 25 heavy (non-hydrogen) atoms. The predicted octanol–water partition coefficient (Wildman–Crippen LogP) is 4.22. The summed E-state index contributed by atoms with van der Waals surface area (Å²) in [5.74, 6) is 0.590. The van der Waals surface area contributed by atoms with E-state index in [4.69, 9.17) is 4.74 Å². The van der Waals surface area contributed by atoms with E-state index in [1.807, 2.05) is 6.07 Å². The molecule has 0 fully saturated rings. The Kier molecular flexibility index (Phi) is 5.53. The number of methoxy groups -OCH3 is 1. The lowest BCUT2D eigenvalue weighted by Crippen LogP contribution is -2.27. The summed E-state index contributed by atoms with van der Waals surface area (Å²) in [6.45, 7) is 0. The smallest absolute Gasteiger partial charge is 0.220 e. The molecule has 130 valence electrons. The van der Waals surface area contributed by atoms with E-state index < -0.39 is 0 Å². The van der Waals surface area contributed by atoms with Gasteiger partial charge in [0.1, 0.15) is 5.75 Å². The van der Waals surface area contributed by atoms with Gasteiger partial charge in [0, 0.05) is 22.9 Å². The standard InChI is InChI=1S/C20H20BrNO3/c1-25-16-7-3-14(4-8-16)19(23)10-11-20(24)22-18-9-5-13-2-6-15(21)12-17(13)18/h2-4,6-8,12,18H,5,9-11H2,1H3,(H,22,24). The molecule has 3 rings (SSSR count). The fourth-order valence-corrected chi connectivity index (χ4v) is 3.52. The van der Waals surface area contributed by atoms with Gasteiger partial charge in [0.25, 0.3) is 0 Å². The number of hydrogen-bond acceptors (Lipinski definition) is 3. The predicted molar refractivity (Wildman–Crippen MR) is 99.9 cm³/mol. The van der Waals surface area contributed by atoms with Crippen molar-refractivity contribution in [2.75, 3.05) is 7.11 Å². The first-order chi connectivity index (χ1) is 12.1. The van der Waals surface area contributed by atoms with Crippen LogP contribution in [-0.2, 0) is 11.2 Å². The molecule has 1 N–H and O–H groups in total. The molecule has 2 aromatic rings. The lowest BCUT2D eigenvalue weighted by atomic mass is 10.1. The van der Waals surface area contributed by atoms with Crippen LogP contribution in [0.15, 0.2) is 46.9 Å². The van der Waals surface area contributed by atoms with Gasteiger partial charge in [0.2, 0.25) is 5.91 Å². The quantitative estimate of drug-likeness (QED) is 0.736. The first kappa shape index (κ1) is 17.7. The minimum absolute atomic E-state index is 0.0348. The monoisotopic (exact) mass is 401 g/mol. The van der Waals surface area contributed by atoms with Gasteiger partial charge < -0.3 is 10.1 Å². The Morgan fingerprint density at radius 3 is 2.64 bits per heavy atom. The first-order valence-corrected chi connectivity index (χ1v) is 9.11. The molecular formula is C20H20BrNO3. The molecule has 0 bridgehead atoms. The van der Waals surface area contributed by atoms with E-state index in [1.165, 1.54) is 11.1 Å². The van der Waals surface area contributed by atoms with Crippen molar-refractivity contribution in [1.29, 1.82) is 0 Å². The van der Waals surface area contributed by atoms with Crippen LogP contribution >= 0.6 is 15.9 Å². The van der Waals surface area contributed by atoms with Crippen LogP contribution in [0.4, 0.5) is 0 Å². The van der Waals surface area contributed by atoms with Crippen molar-refractivity contribution in [3.8, 4) is 5.75 Å². The second-order valence-electron chi connectivity index (χ2n) is 6.15. The normalized spacial score (nSPS) is 15.5. The van der Waals surface area contributed by atoms with Gasteiger partial charge in [-0.25, -0.2) is 0 Å². The van der Waals surface area contributed by atoms with E-state index in [1.54, 1.807) is 31.4 Å². The van der Waals surface area contributed by atoms with Gasteiger partial charge >= 0.3 is 0 Å². The fourth-order valence-electron chi connectivity index (χ4n) is 3.14. The minimum atomic E-state index is -0.0836. The van der Waals surface area contributed by atoms with Crippen LogP contribution in [0.1, 0.15) is 46.8 Å². The molecule has 5 heteroatoms. The number of amides is 1. The van der Waals surface area contributed by atoms with Gasteiger partial charge in [0.15, 0.2) is 5.78 Å². The van der Waals surface area contributed by atoms with E-state index in [-0.39, 0.29) is 30.6 Å². The Morgan fingerprint density at radius 1 is 1.16 bits per heavy atom. The highest BCUT2D eigenvalue weighted by Gasteiger charge is 2.24. The number of carbonyl (C=O) groups is 2. The Hall–Kier alpha value is -2.14. The number of carbonyl (C=O) groups excluding carboxylic acids is 2. The van der Waals surface area contributed by atoms with Crippen LogP contribution in [-0.4, -0.2) is 18.8 Å². The average Bonchev–Trinajstić information content (AvgIpc) is 3.01. The van der Waals surface area contributed by atoms with Crippen molar-refractivity contribution in [2.45, 2.75) is 31.7 Å². The average molecular weight is 402 g/mol. The molecule has 0 saturated heterocycles. The number of hydrogen-bond donors (Lipinski definition) is 1. The number of rotatable bonds is 6. The Labute approximate surface area is 155 Å². The summed E-state index contributed by atoms with van der Waals surface area (Å²) < 4.78 is 6.10. The number of aryl methyl sites for hydroxylation is 1. The number of ketones is 1. The third kappa shape index (κ3) is 4.28. The van der Waals surface area contributed by atoms with Gasteiger partial charge in [-0.2, -0.15) is 0 Å². The van der Waals surface area contributed by atoms with Crippen molar-refractivity contribution in [3.63, 3.8) is 0 Å². The van der Waals surface area contributed by atoms with Crippen LogP contribution in [0, 0.1) is 0 Å². The Balaban J connectivity index is 1.53. The zero-order valence-electron chi connectivity index (χ0n) is 14.0. The first-order valence-electron chi connectivity index (χ1n) is 8.32. The molecule has 0 spiro atoms. The van der Waals surface area contributed by atoms with Crippen LogP contribution in [0.25, 0.3) is 0 Å². The molecule has 4 nitrogen and oxygen atoms in total. The van der Waals surface area contributed by atoms with Crippen LogP contribution in [0.3, 0.4) is 0 Å². The summed E-state index contributed by atoms with van der Waals surface area (Å²) in [5.41, 5.74) is 3.05. The maximum Gasteiger partial charge on any atom is 0.220 e. The highest BCUT2D eigenvalue weighted by molar-refractivity contribution is 9.10. The minimum Gasteiger partial charge on any atom is -0.497 e. The second-order valence-corrected chi connectivity index (χ2v) is 7.07. The Bertz CT molecular complexity index is 786. The summed E-state index contributed by atoms with van der Waals surface area (Å²) >= 11 is 3.48. The number of nitrogens with one attached hydrogen (secondary N) is 1. The van der Waals surface area contributed by atoms with Gasteiger partial charge in [-0.05, 0) is 60.4 Å². The van der Waals surface area contributed by atoms with Crippen molar-refractivity contribution < 1.29 is 14.3 Å². The SMILES string of the molecule is COc1ccc(C(=O)CCC(=O)NC2CCc3ccc(Br)cc32)cc1. The molecule has 0 aromatic heterocycles. The zero-order chi connectivity index (χ0) is 17.8. The lowest BCUT2D eigenvalue weighted by Gasteiger charge is -2.14. The van der Waals surface area contributed by atoms with Gasteiger partial charge in [-0.3, -0.25) is 9.59 Å². The number of benzene rings is 2. The molecule has 0 saturated carbocycles. The third-order valence-electron chi connectivity index (χ3n) is 4.51. The van der Waals surface area contributed by atoms with Gasteiger partial charge in [0.05, 0.1) is 13.2 Å². The summed E-state index contributed by atoms with van der Waals surface area (Å²) in [4.78, 5) is 24.4. The van der Waals surface area contributed by atoms with Crippen molar-refractivity contribution in [3.05, 3.63) is 63.6 Å². The Morgan fingerprint density at radius 2 is 1.92 bits per heavy atom. The largest absolute Gasteiger partial charge is 0.497 e. The molecule has 1 amide bonds. The topological polar surface area (TPSA) is 55.4 Å². The number of halogens is 1. The summed E-state index contributed by atoms with van der Waals surface area (Å²) in [6.07, 6.45) is 2.28. The molecular weight excluding hydrogens is 382 g/mol. The summed E-state index contributed by atoms with van der Waals surface area (Å²) in [5, 5.41) is 3.06. The molecule has 1 unspecified atom stereocenters. The second kappa shape index (κ2) is 7.83. The molecule has 1 aliphatic carbocycles. The van der Waals surface area contributed by atoms with E-state index in [0.717, 1.165) is 17.3 Å². The van der Waals surface area contributed by atoms with E-state index in [2.05, 4.69) is 33.4 Å². The number of ether oxygens (including phenoxy) is 1. The molecule has 0 heterocycles. The van der Waals surface area contributed by atoms with Crippen LogP contribution in [0.5, 0.6) is 5.75 Å². The van der Waals surface area contributed by atoms with E-state index in [9.17, 15) is 9.59 Å². The van der Waals surface area contributed by atoms with Crippen molar-refractivity contribution in [1.82, 2.24) is 5.32 Å². The van der Waals surface area contributed by atoms with Crippen molar-refractivity contribution >= 4 is 27.6 Å². The van der Waals surface area contributed by atoms with Crippen LogP contribution in [0.2, 0.25) is 0 Å². The zero-order valence-corrected chi connectivity index (χ0v) is 15.6.